The Balaban J connectivity index is 2.08. The van der Waals surface area contributed by atoms with Crippen LogP contribution in [0.3, 0.4) is 0 Å². The summed E-state index contributed by atoms with van der Waals surface area (Å²) in [7, 11) is -2.72. The van der Waals surface area contributed by atoms with E-state index in [1.54, 1.807) is 43.3 Å². The maximum Gasteiger partial charge on any atom is 0.264 e. The van der Waals surface area contributed by atoms with E-state index < -0.39 is 28.5 Å². The number of nitrogens with zero attached hydrogens (tertiary/aromatic N) is 2. The average Bonchev–Trinajstić information content (AvgIpc) is 2.90. The Kier molecular flexibility index (Phi) is 9.52. The highest BCUT2D eigenvalue weighted by Gasteiger charge is 2.33. The van der Waals surface area contributed by atoms with Gasteiger partial charge < -0.3 is 15.0 Å². The van der Waals surface area contributed by atoms with E-state index >= 15 is 0 Å². The summed E-state index contributed by atoms with van der Waals surface area (Å²) in [5.74, 6) is -0.540. The van der Waals surface area contributed by atoms with E-state index in [-0.39, 0.29) is 29.1 Å². The second kappa shape index (κ2) is 12.6. The largest absolute Gasteiger partial charge is 0.495 e. The van der Waals surface area contributed by atoms with Crippen LogP contribution in [0, 0.1) is 6.92 Å². The Morgan fingerprint density at radius 2 is 1.53 bits per heavy atom. The molecule has 38 heavy (non-hydrogen) atoms. The van der Waals surface area contributed by atoms with Gasteiger partial charge in [-0.1, -0.05) is 54.6 Å². The number of benzene rings is 3. The Bertz CT molecular complexity index is 1350. The van der Waals surface area contributed by atoms with Crippen molar-refractivity contribution in [1.82, 2.24) is 10.2 Å². The molecule has 0 heterocycles. The van der Waals surface area contributed by atoms with Crippen LogP contribution < -0.4 is 14.4 Å². The third kappa shape index (κ3) is 6.92. The van der Waals surface area contributed by atoms with Crippen LogP contribution in [0.2, 0.25) is 0 Å². The van der Waals surface area contributed by atoms with E-state index in [1.165, 1.54) is 24.1 Å². The first-order chi connectivity index (χ1) is 18.0. The van der Waals surface area contributed by atoms with Crippen molar-refractivity contribution in [3.8, 4) is 5.75 Å². The number of rotatable bonds is 11. The lowest BCUT2D eigenvalue weighted by Crippen LogP contribution is -2.52. The van der Waals surface area contributed by atoms with E-state index in [0.29, 0.717) is 5.75 Å². The van der Waals surface area contributed by atoms with E-state index in [0.717, 1.165) is 15.4 Å². The van der Waals surface area contributed by atoms with Crippen LogP contribution in [0.25, 0.3) is 0 Å². The Morgan fingerprint density at radius 1 is 0.921 bits per heavy atom. The van der Waals surface area contributed by atoms with Crippen molar-refractivity contribution in [2.75, 3.05) is 18.0 Å². The number of hydrogen-bond acceptors (Lipinski definition) is 5. The van der Waals surface area contributed by atoms with Gasteiger partial charge in [-0.2, -0.15) is 0 Å². The molecule has 0 spiro atoms. The Labute approximate surface area is 225 Å². The molecule has 2 amide bonds. The van der Waals surface area contributed by atoms with Gasteiger partial charge in [0.25, 0.3) is 10.0 Å². The van der Waals surface area contributed by atoms with Gasteiger partial charge in [0.05, 0.1) is 17.7 Å². The van der Waals surface area contributed by atoms with E-state index in [4.69, 9.17) is 4.74 Å². The number of anilines is 1. The number of amides is 2. The number of ether oxygens (including phenoxy) is 1. The normalized spacial score (nSPS) is 12.1. The number of hydrogen-bond donors (Lipinski definition) is 1. The highest BCUT2D eigenvalue weighted by atomic mass is 32.2. The molecule has 1 atom stereocenters. The topological polar surface area (TPSA) is 96.0 Å². The molecule has 3 aromatic rings. The maximum atomic E-state index is 13.9. The molecule has 0 radical (unpaired) electrons. The number of methoxy groups -OCH3 is 1. The van der Waals surface area contributed by atoms with Crippen LogP contribution in [0.1, 0.15) is 31.9 Å². The molecule has 0 unspecified atom stereocenters. The van der Waals surface area contributed by atoms with E-state index in [9.17, 15) is 18.0 Å². The van der Waals surface area contributed by atoms with Crippen LogP contribution in [0.5, 0.6) is 5.75 Å². The van der Waals surface area contributed by atoms with Crippen LogP contribution >= 0.6 is 0 Å². The van der Waals surface area contributed by atoms with Crippen molar-refractivity contribution in [3.63, 3.8) is 0 Å². The zero-order chi connectivity index (χ0) is 27.9. The summed E-state index contributed by atoms with van der Waals surface area (Å²) in [6.07, 6.45) is 0. The molecule has 1 N–H and O–H groups in total. The molecule has 0 aromatic heterocycles. The van der Waals surface area contributed by atoms with Gasteiger partial charge in [0.2, 0.25) is 11.8 Å². The third-order valence-corrected chi connectivity index (χ3v) is 7.78. The lowest BCUT2D eigenvalue weighted by molar-refractivity contribution is -0.139. The molecule has 0 fully saturated rings. The fourth-order valence-corrected chi connectivity index (χ4v) is 5.43. The minimum atomic E-state index is -4.16. The molecular formula is C29H35N3O5S. The van der Waals surface area contributed by atoms with Gasteiger partial charge >= 0.3 is 0 Å². The zero-order valence-corrected chi connectivity index (χ0v) is 23.2. The first kappa shape index (κ1) is 28.7. The zero-order valence-electron chi connectivity index (χ0n) is 22.4. The van der Waals surface area contributed by atoms with Crippen molar-refractivity contribution >= 4 is 27.5 Å². The van der Waals surface area contributed by atoms with E-state index in [2.05, 4.69) is 5.32 Å². The van der Waals surface area contributed by atoms with Gasteiger partial charge in [-0.3, -0.25) is 13.9 Å². The van der Waals surface area contributed by atoms with Gasteiger partial charge in [0.15, 0.2) is 0 Å². The number of carbonyl (C=O) groups is 2. The monoisotopic (exact) mass is 537 g/mol. The van der Waals surface area contributed by atoms with Crippen molar-refractivity contribution in [2.24, 2.45) is 0 Å². The third-order valence-electron chi connectivity index (χ3n) is 6.01. The smallest absolute Gasteiger partial charge is 0.264 e. The van der Waals surface area contributed by atoms with Crippen molar-refractivity contribution in [2.45, 2.75) is 51.2 Å². The van der Waals surface area contributed by atoms with E-state index in [1.807, 2.05) is 51.1 Å². The molecule has 0 aliphatic rings. The standard InChI is InChI=1S/C29H35N3O5S/c1-21(2)30-29(34)23(4)31(19-24-12-8-6-9-13-24)28(33)20-32(26-18-22(3)16-17-27(26)37-5)38(35,36)25-14-10-7-11-15-25/h6-18,21,23H,19-20H2,1-5H3,(H,30,34)/t23-/m1/s1. The molecule has 3 rings (SSSR count). The minimum absolute atomic E-state index is 0.0385. The van der Waals surface area contributed by atoms with Crippen LogP contribution in [0.15, 0.2) is 83.8 Å². The number of aryl methyl sites for hydroxylation is 1. The van der Waals surface area contributed by atoms with Gasteiger partial charge in [0, 0.05) is 12.6 Å². The summed E-state index contributed by atoms with van der Waals surface area (Å²) in [5.41, 5.74) is 1.85. The van der Waals surface area contributed by atoms with Gasteiger partial charge in [-0.15, -0.1) is 0 Å². The minimum Gasteiger partial charge on any atom is -0.495 e. The predicted octanol–water partition coefficient (Wildman–Crippen LogP) is 4.14. The molecule has 3 aromatic carbocycles. The molecular weight excluding hydrogens is 502 g/mol. The average molecular weight is 538 g/mol. The highest BCUT2D eigenvalue weighted by molar-refractivity contribution is 7.92. The molecule has 0 aliphatic carbocycles. The summed E-state index contributed by atoms with van der Waals surface area (Å²) in [6, 6.07) is 21.4. The quantitative estimate of drug-likeness (QED) is 0.397. The summed E-state index contributed by atoms with van der Waals surface area (Å²) in [4.78, 5) is 28.3. The first-order valence-electron chi connectivity index (χ1n) is 12.4. The SMILES string of the molecule is COc1ccc(C)cc1N(CC(=O)N(Cc1ccccc1)[C@H](C)C(=O)NC(C)C)S(=O)(=O)c1ccccc1. The van der Waals surface area contributed by atoms with Gasteiger partial charge in [-0.05, 0) is 63.1 Å². The molecule has 0 aliphatic heterocycles. The summed E-state index contributed by atoms with van der Waals surface area (Å²) >= 11 is 0. The van der Waals surface area contributed by atoms with Crippen molar-refractivity contribution in [1.29, 1.82) is 0 Å². The Hall–Kier alpha value is -3.85. The fourth-order valence-electron chi connectivity index (χ4n) is 4.00. The van der Waals surface area contributed by atoms with Crippen LogP contribution in [0.4, 0.5) is 5.69 Å². The number of sulfonamides is 1. The number of nitrogens with one attached hydrogen (secondary N) is 1. The lowest BCUT2D eigenvalue weighted by atomic mass is 10.1. The highest BCUT2D eigenvalue weighted by Crippen LogP contribution is 2.33. The predicted molar refractivity (Wildman–Crippen MR) is 148 cm³/mol. The van der Waals surface area contributed by atoms with Crippen molar-refractivity contribution < 1.29 is 22.7 Å². The summed E-state index contributed by atoms with van der Waals surface area (Å²) in [5, 5.41) is 2.85. The molecule has 0 saturated carbocycles. The second-order valence-electron chi connectivity index (χ2n) is 9.35. The number of carbonyl (C=O) groups excluding carboxylic acids is 2. The summed E-state index contributed by atoms with van der Waals surface area (Å²) < 4.78 is 34.3. The molecule has 202 valence electrons. The molecule has 9 heteroatoms. The lowest BCUT2D eigenvalue weighted by Gasteiger charge is -2.32. The Morgan fingerprint density at radius 3 is 2.11 bits per heavy atom. The van der Waals surface area contributed by atoms with Crippen molar-refractivity contribution in [3.05, 3.63) is 90.0 Å². The van der Waals surface area contributed by atoms with Gasteiger partial charge in [0.1, 0.15) is 18.3 Å². The van der Waals surface area contributed by atoms with Gasteiger partial charge in [-0.25, -0.2) is 8.42 Å². The molecule has 8 nitrogen and oxygen atoms in total. The maximum absolute atomic E-state index is 13.9. The second-order valence-corrected chi connectivity index (χ2v) is 11.2. The molecule has 0 saturated heterocycles. The molecule has 0 bridgehead atoms. The summed E-state index contributed by atoms with van der Waals surface area (Å²) in [6.45, 7) is 6.76. The first-order valence-corrected chi connectivity index (χ1v) is 13.8. The van der Waals surface area contributed by atoms with Crippen LogP contribution in [-0.4, -0.2) is 50.9 Å². The fraction of sp³-hybridized carbons (Fsp3) is 0.310. The van der Waals surface area contributed by atoms with Crippen LogP contribution in [-0.2, 0) is 26.2 Å².